The zero-order valence-corrected chi connectivity index (χ0v) is 17.5. The number of nitrogens with zero attached hydrogens (tertiary/aromatic N) is 2. The molecule has 2 aromatic rings. The fourth-order valence-electron chi connectivity index (χ4n) is 3.41. The second-order valence-corrected chi connectivity index (χ2v) is 9.47. The summed E-state index contributed by atoms with van der Waals surface area (Å²) in [5.41, 5.74) is 1.15. The van der Waals surface area contributed by atoms with Crippen LogP contribution in [0.3, 0.4) is 0 Å². The van der Waals surface area contributed by atoms with Gasteiger partial charge in [0.15, 0.2) is 0 Å². The highest BCUT2D eigenvalue weighted by Gasteiger charge is 2.27. The Kier molecular flexibility index (Phi) is 6.54. The summed E-state index contributed by atoms with van der Waals surface area (Å²) in [5.74, 6) is -0.749. The number of anilines is 1. The second kappa shape index (κ2) is 8.92. The van der Waals surface area contributed by atoms with Gasteiger partial charge in [0.1, 0.15) is 5.82 Å². The van der Waals surface area contributed by atoms with E-state index in [1.807, 2.05) is 0 Å². The minimum atomic E-state index is -3.91. The van der Waals surface area contributed by atoms with E-state index in [1.165, 1.54) is 32.3 Å². The van der Waals surface area contributed by atoms with Gasteiger partial charge in [-0.15, -0.1) is 0 Å². The van der Waals surface area contributed by atoms with Crippen molar-refractivity contribution in [2.24, 2.45) is 0 Å². The van der Waals surface area contributed by atoms with Crippen LogP contribution in [0, 0.1) is 5.82 Å². The molecule has 0 radical (unpaired) electrons. The first-order chi connectivity index (χ1) is 13.8. The lowest BCUT2D eigenvalue weighted by atomic mass is 10.1. The Morgan fingerprint density at radius 2 is 1.69 bits per heavy atom. The van der Waals surface area contributed by atoms with Crippen LogP contribution in [-0.2, 0) is 16.8 Å². The second-order valence-electron chi connectivity index (χ2n) is 7.40. The number of benzene rings is 2. The molecule has 0 saturated heterocycles. The molecule has 1 aliphatic carbocycles. The van der Waals surface area contributed by atoms with Crippen LogP contribution in [0.15, 0.2) is 48.5 Å². The Labute approximate surface area is 171 Å². The molecule has 156 valence electrons. The Balaban J connectivity index is 1.81. The quantitative estimate of drug-likeness (QED) is 0.749. The van der Waals surface area contributed by atoms with Gasteiger partial charge in [0.25, 0.3) is 5.91 Å². The Morgan fingerprint density at radius 1 is 1.07 bits per heavy atom. The van der Waals surface area contributed by atoms with E-state index in [2.05, 4.69) is 5.32 Å². The first-order valence-corrected chi connectivity index (χ1v) is 11.0. The van der Waals surface area contributed by atoms with Crippen LogP contribution in [0.4, 0.5) is 10.1 Å². The van der Waals surface area contributed by atoms with Gasteiger partial charge in [0.05, 0.1) is 12.2 Å². The van der Waals surface area contributed by atoms with Crippen molar-refractivity contribution in [3.8, 4) is 0 Å². The molecule has 0 aromatic heterocycles. The van der Waals surface area contributed by atoms with E-state index in [0.29, 0.717) is 11.1 Å². The third kappa shape index (κ3) is 4.94. The van der Waals surface area contributed by atoms with Crippen LogP contribution >= 0.6 is 0 Å². The van der Waals surface area contributed by atoms with Crippen molar-refractivity contribution in [2.45, 2.75) is 38.3 Å². The van der Waals surface area contributed by atoms with Crippen molar-refractivity contribution in [3.05, 3.63) is 65.5 Å². The molecule has 1 amide bonds. The summed E-state index contributed by atoms with van der Waals surface area (Å²) in [7, 11) is -1.10. The Hall–Kier alpha value is -2.45. The lowest BCUT2D eigenvalue weighted by Gasteiger charge is -2.27. The van der Waals surface area contributed by atoms with Crippen LogP contribution in [0.1, 0.15) is 41.6 Å². The number of carbonyl (C=O) groups excluding carboxylic acids is 1. The van der Waals surface area contributed by atoms with E-state index in [4.69, 9.17) is 0 Å². The molecule has 1 N–H and O–H groups in total. The Bertz CT molecular complexity index is 955. The minimum absolute atomic E-state index is 0.0238. The number of para-hydroxylation sites is 1. The summed E-state index contributed by atoms with van der Waals surface area (Å²) in [5, 5.41) is 3.03. The van der Waals surface area contributed by atoms with Crippen LogP contribution in [0.25, 0.3) is 0 Å². The van der Waals surface area contributed by atoms with E-state index in [0.717, 1.165) is 34.3 Å². The number of hydrogen-bond donors (Lipinski definition) is 1. The zero-order chi connectivity index (χ0) is 21.0. The minimum Gasteiger partial charge on any atom is -0.349 e. The lowest BCUT2D eigenvalue weighted by molar-refractivity contribution is 0.0938. The molecule has 0 atom stereocenters. The van der Waals surface area contributed by atoms with E-state index in [9.17, 15) is 17.6 Å². The summed E-state index contributed by atoms with van der Waals surface area (Å²) in [6.07, 6.45) is 4.28. The normalized spacial score (nSPS) is 14.9. The molecule has 1 aliphatic rings. The molecular weight excluding hydrogens is 393 g/mol. The molecule has 0 unspecified atom stereocenters. The van der Waals surface area contributed by atoms with Crippen molar-refractivity contribution < 1.29 is 17.6 Å². The number of nitrogens with one attached hydrogen (secondary N) is 1. The smallest absolute Gasteiger partial charge is 0.303 e. The number of amides is 1. The summed E-state index contributed by atoms with van der Waals surface area (Å²) >= 11 is 0. The molecule has 0 aliphatic heterocycles. The largest absolute Gasteiger partial charge is 0.349 e. The standard InChI is InChI=1S/C21H26FN3O3S/c1-24(2)29(27,28)25(20-10-6-5-9-19(20)22)15-16-11-13-17(14-12-16)21(26)23-18-7-3-4-8-18/h5-6,9-14,18H,3-4,7-8,15H2,1-2H3,(H,23,26). The van der Waals surface area contributed by atoms with Crippen molar-refractivity contribution in [1.82, 2.24) is 9.62 Å². The molecule has 8 heteroatoms. The number of halogens is 1. The Morgan fingerprint density at radius 3 is 2.28 bits per heavy atom. The van der Waals surface area contributed by atoms with Gasteiger partial charge >= 0.3 is 10.2 Å². The average molecular weight is 420 g/mol. The third-order valence-electron chi connectivity index (χ3n) is 5.09. The molecule has 0 bridgehead atoms. The van der Waals surface area contributed by atoms with E-state index in [1.54, 1.807) is 30.3 Å². The van der Waals surface area contributed by atoms with E-state index >= 15 is 0 Å². The predicted molar refractivity (Wildman–Crippen MR) is 111 cm³/mol. The first-order valence-electron chi connectivity index (χ1n) is 9.63. The molecular formula is C21H26FN3O3S. The lowest BCUT2D eigenvalue weighted by Crippen LogP contribution is -2.40. The predicted octanol–water partition coefficient (Wildman–Crippen LogP) is 3.31. The van der Waals surface area contributed by atoms with Crippen LogP contribution in [0.2, 0.25) is 0 Å². The summed E-state index contributed by atoms with van der Waals surface area (Å²) in [6, 6.07) is 12.7. The van der Waals surface area contributed by atoms with E-state index in [-0.39, 0.29) is 24.2 Å². The monoisotopic (exact) mass is 419 g/mol. The van der Waals surface area contributed by atoms with Gasteiger partial charge in [-0.1, -0.05) is 37.1 Å². The molecule has 2 aromatic carbocycles. The van der Waals surface area contributed by atoms with Gasteiger partial charge in [-0.25, -0.2) is 4.39 Å². The highest BCUT2D eigenvalue weighted by atomic mass is 32.2. The molecule has 0 heterocycles. The fraction of sp³-hybridized carbons (Fsp3) is 0.381. The van der Waals surface area contributed by atoms with Crippen LogP contribution in [-0.4, -0.2) is 38.8 Å². The van der Waals surface area contributed by atoms with Crippen LogP contribution < -0.4 is 9.62 Å². The molecule has 1 saturated carbocycles. The number of carbonyl (C=O) groups is 1. The average Bonchev–Trinajstić information content (AvgIpc) is 3.20. The fourth-order valence-corrected chi connectivity index (χ4v) is 4.51. The maximum atomic E-state index is 14.3. The molecule has 0 spiro atoms. The summed E-state index contributed by atoms with van der Waals surface area (Å²) in [6.45, 7) is -0.0496. The summed E-state index contributed by atoms with van der Waals surface area (Å²) in [4.78, 5) is 12.4. The van der Waals surface area contributed by atoms with Crippen molar-refractivity contribution in [2.75, 3.05) is 18.4 Å². The van der Waals surface area contributed by atoms with E-state index < -0.39 is 16.0 Å². The number of hydrogen-bond acceptors (Lipinski definition) is 3. The zero-order valence-electron chi connectivity index (χ0n) is 16.6. The van der Waals surface area contributed by atoms with Crippen molar-refractivity contribution in [3.63, 3.8) is 0 Å². The molecule has 3 rings (SSSR count). The summed E-state index contributed by atoms with van der Waals surface area (Å²) < 4.78 is 41.9. The third-order valence-corrected chi connectivity index (χ3v) is 6.90. The highest BCUT2D eigenvalue weighted by molar-refractivity contribution is 7.90. The highest BCUT2D eigenvalue weighted by Crippen LogP contribution is 2.25. The van der Waals surface area contributed by atoms with Gasteiger partial charge < -0.3 is 5.32 Å². The van der Waals surface area contributed by atoms with Gasteiger partial charge in [0, 0.05) is 25.7 Å². The van der Waals surface area contributed by atoms with Gasteiger partial charge in [-0.3, -0.25) is 9.10 Å². The molecule has 1 fully saturated rings. The van der Waals surface area contributed by atoms with Gasteiger partial charge in [0.2, 0.25) is 0 Å². The van der Waals surface area contributed by atoms with Gasteiger partial charge in [-0.05, 0) is 42.7 Å². The first kappa shape index (κ1) is 21.3. The van der Waals surface area contributed by atoms with Crippen molar-refractivity contribution >= 4 is 21.8 Å². The SMILES string of the molecule is CN(C)S(=O)(=O)N(Cc1ccc(C(=O)NC2CCCC2)cc1)c1ccccc1F. The molecule has 29 heavy (non-hydrogen) atoms. The topological polar surface area (TPSA) is 69.7 Å². The van der Waals surface area contributed by atoms with Crippen molar-refractivity contribution in [1.29, 1.82) is 0 Å². The van der Waals surface area contributed by atoms with Gasteiger partial charge in [-0.2, -0.15) is 12.7 Å². The number of rotatable bonds is 7. The maximum Gasteiger partial charge on any atom is 0.303 e. The molecule has 6 nitrogen and oxygen atoms in total. The van der Waals surface area contributed by atoms with Crippen LogP contribution in [0.5, 0.6) is 0 Å². The maximum absolute atomic E-state index is 14.3.